The first-order valence-corrected chi connectivity index (χ1v) is 5.47. The van der Waals surface area contributed by atoms with Gasteiger partial charge in [-0.25, -0.2) is 4.98 Å². The van der Waals surface area contributed by atoms with Crippen LogP contribution in [0, 0.1) is 6.92 Å². The highest BCUT2D eigenvalue weighted by molar-refractivity contribution is 5.28. The van der Waals surface area contributed by atoms with Gasteiger partial charge < -0.3 is 14.6 Å². The Kier molecular flexibility index (Phi) is 4.62. The highest BCUT2D eigenvalue weighted by Gasteiger charge is 2.05. The first-order chi connectivity index (χ1) is 7.17. The number of hydrogen-bond donors (Lipinski definition) is 1. The predicted octanol–water partition coefficient (Wildman–Crippen LogP) is 2.05. The molecule has 1 unspecified atom stereocenters. The Morgan fingerprint density at radius 3 is 2.93 bits per heavy atom. The topological polar surface area (TPSA) is 39.1 Å². The lowest BCUT2D eigenvalue weighted by molar-refractivity contribution is 0.128. The van der Waals surface area contributed by atoms with Crippen molar-refractivity contribution in [2.45, 2.75) is 39.8 Å². The second-order valence-electron chi connectivity index (χ2n) is 3.83. The average Bonchev–Trinajstić information content (AvgIpc) is 2.56. The summed E-state index contributed by atoms with van der Waals surface area (Å²) in [5.41, 5.74) is 1.05. The smallest absolute Gasteiger partial charge is 0.203 e. The third-order valence-electron chi connectivity index (χ3n) is 2.31. The maximum absolute atomic E-state index is 5.18. The van der Waals surface area contributed by atoms with Crippen molar-refractivity contribution in [1.29, 1.82) is 0 Å². The van der Waals surface area contributed by atoms with Gasteiger partial charge in [0.2, 0.25) is 5.95 Å². The van der Waals surface area contributed by atoms with Crippen LogP contribution in [0.5, 0.6) is 0 Å². The third kappa shape index (κ3) is 3.55. The molecule has 1 aromatic heterocycles. The number of anilines is 1. The number of imidazole rings is 1. The fraction of sp³-hybridized carbons (Fsp3) is 0.727. The summed E-state index contributed by atoms with van der Waals surface area (Å²) in [6.45, 7) is 8.00. The zero-order chi connectivity index (χ0) is 11.3. The van der Waals surface area contributed by atoms with E-state index in [1.165, 1.54) is 0 Å². The second kappa shape index (κ2) is 5.75. The molecular formula is C11H21N3O. The lowest BCUT2D eigenvalue weighted by atomic mass is 10.4. The summed E-state index contributed by atoms with van der Waals surface area (Å²) in [7, 11) is 1.72. The molecule has 0 bridgehead atoms. The number of rotatable bonds is 6. The number of hydrogen-bond acceptors (Lipinski definition) is 3. The molecule has 4 heteroatoms. The van der Waals surface area contributed by atoms with Gasteiger partial charge in [0, 0.05) is 26.4 Å². The van der Waals surface area contributed by atoms with Gasteiger partial charge in [-0.05, 0) is 20.3 Å². The largest absolute Gasteiger partial charge is 0.380 e. The van der Waals surface area contributed by atoms with E-state index in [2.05, 4.69) is 28.0 Å². The van der Waals surface area contributed by atoms with Gasteiger partial charge in [0.1, 0.15) is 0 Å². The Hall–Kier alpha value is -1.03. The van der Waals surface area contributed by atoms with Gasteiger partial charge in [-0.2, -0.15) is 0 Å². The minimum absolute atomic E-state index is 0.206. The molecule has 0 amide bonds. The fourth-order valence-corrected chi connectivity index (χ4v) is 1.42. The molecule has 15 heavy (non-hydrogen) atoms. The van der Waals surface area contributed by atoms with Crippen LogP contribution >= 0.6 is 0 Å². The Morgan fingerprint density at radius 2 is 2.33 bits per heavy atom. The monoisotopic (exact) mass is 211 g/mol. The number of nitrogens with one attached hydrogen (secondary N) is 1. The van der Waals surface area contributed by atoms with E-state index in [-0.39, 0.29) is 6.10 Å². The quantitative estimate of drug-likeness (QED) is 0.782. The van der Waals surface area contributed by atoms with Crippen molar-refractivity contribution in [2.24, 2.45) is 0 Å². The van der Waals surface area contributed by atoms with Gasteiger partial charge in [-0.3, -0.25) is 0 Å². The summed E-state index contributed by atoms with van der Waals surface area (Å²) in [4.78, 5) is 4.43. The number of methoxy groups -OCH3 is 1. The molecule has 0 radical (unpaired) electrons. The molecule has 1 rings (SSSR count). The maximum Gasteiger partial charge on any atom is 0.203 e. The van der Waals surface area contributed by atoms with Crippen LogP contribution in [0.1, 0.15) is 26.0 Å². The van der Waals surface area contributed by atoms with Crippen LogP contribution in [-0.2, 0) is 11.3 Å². The molecule has 1 heterocycles. The molecule has 1 atom stereocenters. The molecular weight excluding hydrogens is 190 g/mol. The molecule has 1 aromatic rings. The van der Waals surface area contributed by atoms with Gasteiger partial charge in [-0.1, -0.05) is 6.92 Å². The van der Waals surface area contributed by atoms with Crippen molar-refractivity contribution < 1.29 is 4.74 Å². The number of nitrogens with zero attached hydrogens (tertiary/aromatic N) is 2. The van der Waals surface area contributed by atoms with E-state index in [1.54, 1.807) is 7.11 Å². The zero-order valence-corrected chi connectivity index (χ0v) is 10.1. The van der Waals surface area contributed by atoms with Crippen LogP contribution in [0.3, 0.4) is 0 Å². The van der Waals surface area contributed by atoms with Crippen molar-refractivity contribution in [3.63, 3.8) is 0 Å². The van der Waals surface area contributed by atoms with Crippen molar-refractivity contribution in [1.82, 2.24) is 9.55 Å². The highest BCUT2D eigenvalue weighted by atomic mass is 16.5. The summed E-state index contributed by atoms with van der Waals surface area (Å²) in [6.07, 6.45) is 3.39. The summed E-state index contributed by atoms with van der Waals surface area (Å²) < 4.78 is 7.33. The normalized spacial score (nSPS) is 12.8. The highest BCUT2D eigenvalue weighted by Crippen LogP contribution is 2.09. The van der Waals surface area contributed by atoms with Crippen molar-refractivity contribution in [3.05, 3.63) is 11.9 Å². The minimum atomic E-state index is 0.206. The van der Waals surface area contributed by atoms with E-state index in [9.17, 15) is 0 Å². The summed E-state index contributed by atoms with van der Waals surface area (Å²) in [6, 6.07) is 0. The summed E-state index contributed by atoms with van der Waals surface area (Å²) in [5.74, 6) is 0.943. The third-order valence-corrected chi connectivity index (χ3v) is 2.31. The second-order valence-corrected chi connectivity index (χ2v) is 3.83. The lowest BCUT2D eigenvalue weighted by Gasteiger charge is -2.12. The molecule has 86 valence electrons. The SMILES string of the molecule is CCCn1cc(C)nc1NCC(C)OC. The average molecular weight is 211 g/mol. The Bertz CT molecular complexity index is 296. The number of aromatic nitrogens is 2. The van der Waals surface area contributed by atoms with E-state index < -0.39 is 0 Å². The van der Waals surface area contributed by atoms with Gasteiger partial charge in [0.25, 0.3) is 0 Å². The molecule has 4 nitrogen and oxygen atoms in total. The molecule has 0 aliphatic heterocycles. The Morgan fingerprint density at radius 1 is 1.60 bits per heavy atom. The van der Waals surface area contributed by atoms with Gasteiger partial charge in [-0.15, -0.1) is 0 Å². The lowest BCUT2D eigenvalue weighted by Crippen LogP contribution is -2.20. The van der Waals surface area contributed by atoms with E-state index in [0.29, 0.717) is 0 Å². The molecule has 1 N–H and O–H groups in total. The van der Waals surface area contributed by atoms with Crippen molar-refractivity contribution >= 4 is 5.95 Å². The van der Waals surface area contributed by atoms with Gasteiger partial charge in [0.15, 0.2) is 0 Å². The van der Waals surface area contributed by atoms with Crippen LogP contribution in [0.4, 0.5) is 5.95 Å². The molecule has 0 fully saturated rings. The molecule has 0 aliphatic rings. The predicted molar refractivity (Wildman–Crippen MR) is 62.2 cm³/mol. The van der Waals surface area contributed by atoms with Crippen molar-refractivity contribution in [2.75, 3.05) is 19.0 Å². The van der Waals surface area contributed by atoms with Crippen LogP contribution in [-0.4, -0.2) is 29.3 Å². The molecule has 0 aromatic carbocycles. The summed E-state index contributed by atoms with van der Waals surface area (Å²) >= 11 is 0. The van der Waals surface area contributed by atoms with Gasteiger partial charge in [0.05, 0.1) is 11.8 Å². The standard InChI is InChI=1S/C11H21N3O/c1-5-6-14-8-9(2)13-11(14)12-7-10(3)15-4/h8,10H,5-7H2,1-4H3,(H,12,13). The van der Waals surface area contributed by atoms with Crippen LogP contribution < -0.4 is 5.32 Å². The van der Waals surface area contributed by atoms with E-state index in [1.807, 2.05) is 13.8 Å². The minimum Gasteiger partial charge on any atom is -0.380 e. The summed E-state index contributed by atoms with van der Waals surface area (Å²) in [5, 5.41) is 3.30. The van der Waals surface area contributed by atoms with Crippen LogP contribution in [0.15, 0.2) is 6.20 Å². The zero-order valence-electron chi connectivity index (χ0n) is 10.1. The van der Waals surface area contributed by atoms with Crippen LogP contribution in [0.25, 0.3) is 0 Å². The molecule has 0 saturated heterocycles. The first kappa shape index (κ1) is 12.0. The first-order valence-electron chi connectivity index (χ1n) is 5.47. The van der Waals surface area contributed by atoms with E-state index in [4.69, 9.17) is 4.74 Å². The number of ether oxygens (including phenoxy) is 1. The van der Waals surface area contributed by atoms with Crippen LogP contribution in [0.2, 0.25) is 0 Å². The Labute approximate surface area is 91.7 Å². The van der Waals surface area contributed by atoms with E-state index in [0.717, 1.165) is 31.2 Å². The Balaban J connectivity index is 2.58. The maximum atomic E-state index is 5.18. The van der Waals surface area contributed by atoms with E-state index >= 15 is 0 Å². The molecule has 0 aliphatic carbocycles. The molecule has 0 saturated carbocycles. The fourth-order valence-electron chi connectivity index (χ4n) is 1.42. The number of aryl methyl sites for hydroxylation is 2. The molecule has 0 spiro atoms. The van der Waals surface area contributed by atoms with Gasteiger partial charge >= 0.3 is 0 Å². The van der Waals surface area contributed by atoms with Crippen molar-refractivity contribution in [3.8, 4) is 0 Å².